The fourth-order valence-corrected chi connectivity index (χ4v) is 3.82. The minimum absolute atomic E-state index is 0.0131. The van der Waals surface area contributed by atoms with Gasteiger partial charge in [-0.15, -0.1) is 27.8 Å². The van der Waals surface area contributed by atoms with Gasteiger partial charge < -0.3 is 5.32 Å². The van der Waals surface area contributed by atoms with Crippen molar-refractivity contribution in [2.45, 2.75) is 23.9 Å². The number of nitrogens with zero attached hydrogens (tertiary/aromatic N) is 2. The molecule has 0 aromatic carbocycles. The summed E-state index contributed by atoms with van der Waals surface area (Å²) < 4.78 is 0. The van der Waals surface area contributed by atoms with E-state index in [2.05, 4.69) is 20.5 Å². The lowest BCUT2D eigenvalue weighted by atomic mass is 10.4. The van der Waals surface area contributed by atoms with Gasteiger partial charge in [0.2, 0.25) is 11.1 Å². The fraction of sp³-hybridized carbons (Fsp3) is 0.214. The van der Waals surface area contributed by atoms with E-state index in [0.29, 0.717) is 11.7 Å². The average Bonchev–Trinajstić information content (AvgIpc) is 3.25. The Morgan fingerprint density at radius 1 is 1.36 bits per heavy atom. The molecule has 8 heteroatoms. The number of carbonyl (C=O) groups is 1. The Morgan fingerprint density at radius 3 is 2.91 bits per heavy atom. The molecule has 0 radical (unpaired) electrons. The zero-order valence-electron chi connectivity index (χ0n) is 11.8. The molecule has 3 aromatic heterocycles. The monoisotopic (exact) mass is 350 g/mol. The Bertz CT molecular complexity index is 721. The molecule has 0 aliphatic heterocycles. The Hall–Kier alpha value is -1.64. The van der Waals surface area contributed by atoms with Gasteiger partial charge in [0.15, 0.2) is 5.82 Å². The Balaban J connectivity index is 1.54. The Morgan fingerprint density at radius 2 is 2.18 bits per heavy atom. The molecule has 0 saturated carbocycles. The number of thiophene rings is 2. The molecule has 0 aliphatic rings. The first-order chi connectivity index (χ1) is 10.7. The number of aromatic nitrogens is 3. The third-order valence-electron chi connectivity index (χ3n) is 2.89. The number of thioether (sulfide) groups is 1. The van der Waals surface area contributed by atoms with E-state index >= 15 is 0 Å². The lowest BCUT2D eigenvalue weighted by Crippen LogP contribution is -2.30. The lowest BCUT2D eigenvalue weighted by Gasteiger charge is -2.09. The maximum absolute atomic E-state index is 12.1. The van der Waals surface area contributed by atoms with Crippen molar-refractivity contribution in [1.29, 1.82) is 0 Å². The molecule has 0 saturated heterocycles. The van der Waals surface area contributed by atoms with E-state index in [1.807, 2.05) is 41.9 Å². The summed E-state index contributed by atoms with van der Waals surface area (Å²) in [6, 6.07) is 7.93. The Labute approximate surface area is 140 Å². The van der Waals surface area contributed by atoms with Crippen molar-refractivity contribution in [3.05, 3.63) is 39.9 Å². The van der Waals surface area contributed by atoms with Crippen LogP contribution in [0.3, 0.4) is 0 Å². The van der Waals surface area contributed by atoms with Crippen molar-refractivity contribution in [3.63, 3.8) is 0 Å². The molecule has 3 aromatic rings. The van der Waals surface area contributed by atoms with E-state index in [-0.39, 0.29) is 11.2 Å². The van der Waals surface area contributed by atoms with E-state index in [9.17, 15) is 4.79 Å². The van der Waals surface area contributed by atoms with Crippen molar-refractivity contribution < 1.29 is 4.79 Å². The number of hydrogen-bond donors (Lipinski definition) is 2. The van der Waals surface area contributed by atoms with Crippen molar-refractivity contribution >= 4 is 40.3 Å². The molecule has 114 valence electrons. The van der Waals surface area contributed by atoms with Crippen LogP contribution in [0.4, 0.5) is 0 Å². The lowest BCUT2D eigenvalue weighted by molar-refractivity contribution is -0.120. The summed E-state index contributed by atoms with van der Waals surface area (Å²) in [5, 5.41) is 14.3. The van der Waals surface area contributed by atoms with Crippen LogP contribution in [0.1, 0.15) is 11.8 Å². The van der Waals surface area contributed by atoms with E-state index in [1.165, 1.54) is 11.8 Å². The third-order valence-corrected chi connectivity index (χ3v) is 5.60. The normalized spacial score (nSPS) is 12.2. The number of hydrogen-bond acceptors (Lipinski definition) is 6. The summed E-state index contributed by atoms with van der Waals surface area (Å²) in [5.74, 6) is 0.726. The van der Waals surface area contributed by atoms with Crippen molar-refractivity contribution in [2.24, 2.45) is 0 Å². The average molecular weight is 350 g/mol. The van der Waals surface area contributed by atoms with E-state index in [0.717, 1.165) is 15.6 Å². The van der Waals surface area contributed by atoms with Crippen LogP contribution in [0, 0.1) is 0 Å². The second-order valence-corrected chi connectivity index (χ2v) is 7.79. The second-order valence-electron chi connectivity index (χ2n) is 4.50. The van der Waals surface area contributed by atoms with Gasteiger partial charge in [-0.05, 0) is 29.8 Å². The molecule has 1 atom stereocenters. The number of rotatable bonds is 6. The van der Waals surface area contributed by atoms with Crippen LogP contribution < -0.4 is 5.32 Å². The second kappa shape index (κ2) is 7.08. The van der Waals surface area contributed by atoms with E-state index < -0.39 is 0 Å². The first-order valence-electron chi connectivity index (χ1n) is 6.65. The van der Waals surface area contributed by atoms with Crippen LogP contribution in [0.15, 0.2) is 40.2 Å². The largest absolute Gasteiger partial charge is 0.350 e. The van der Waals surface area contributed by atoms with Crippen molar-refractivity contribution in [1.82, 2.24) is 20.5 Å². The van der Waals surface area contributed by atoms with Gasteiger partial charge in [0.05, 0.1) is 16.7 Å². The standard InChI is InChI=1S/C14H14N4OS3/c1-9(13(19)15-8-10-4-2-6-20-10)22-14-16-12(17-18-14)11-5-3-7-21-11/h2-7,9H,8H2,1H3,(H,15,19)(H,16,17,18). The molecule has 1 unspecified atom stereocenters. The predicted molar refractivity (Wildman–Crippen MR) is 91.2 cm³/mol. The zero-order valence-corrected chi connectivity index (χ0v) is 14.2. The maximum atomic E-state index is 12.1. The smallest absolute Gasteiger partial charge is 0.233 e. The number of amides is 1. The number of nitrogens with one attached hydrogen (secondary N) is 2. The molecule has 0 spiro atoms. The summed E-state index contributed by atoms with van der Waals surface area (Å²) in [6.45, 7) is 2.42. The van der Waals surface area contributed by atoms with Crippen LogP contribution in [-0.4, -0.2) is 26.3 Å². The summed E-state index contributed by atoms with van der Waals surface area (Å²) in [4.78, 5) is 18.7. The van der Waals surface area contributed by atoms with Gasteiger partial charge in [-0.2, -0.15) is 0 Å². The van der Waals surface area contributed by atoms with Gasteiger partial charge in [-0.1, -0.05) is 23.9 Å². The van der Waals surface area contributed by atoms with Crippen molar-refractivity contribution in [2.75, 3.05) is 0 Å². The van der Waals surface area contributed by atoms with Crippen molar-refractivity contribution in [3.8, 4) is 10.7 Å². The molecule has 0 fully saturated rings. The summed E-state index contributed by atoms with van der Waals surface area (Å²) >= 11 is 4.58. The van der Waals surface area contributed by atoms with E-state index in [1.54, 1.807) is 22.7 Å². The van der Waals surface area contributed by atoms with Crippen LogP contribution in [0.25, 0.3) is 10.7 Å². The molecule has 22 heavy (non-hydrogen) atoms. The highest BCUT2D eigenvalue weighted by atomic mass is 32.2. The molecule has 5 nitrogen and oxygen atoms in total. The molecule has 0 bridgehead atoms. The van der Waals surface area contributed by atoms with Gasteiger partial charge in [0, 0.05) is 4.88 Å². The third kappa shape index (κ3) is 3.76. The first-order valence-corrected chi connectivity index (χ1v) is 9.29. The predicted octanol–water partition coefficient (Wildman–Crippen LogP) is 3.39. The van der Waals surface area contributed by atoms with Crippen LogP contribution in [0.5, 0.6) is 0 Å². The molecule has 3 heterocycles. The number of H-pyrrole nitrogens is 1. The summed E-state index contributed by atoms with van der Waals surface area (Å²) in [7, 11) is 0. The van der Waals surface area contributed by atoms with Gasteiger partial charge in [-0.3, -0.25) is 9.89 Å². The topological polar surface area (TPSA) is 70.7 Å². The number of aromatic amines is 1. The minimum atomic E-state index is -0.244. The molecule has 0 aliphatic carbocycles. The molecular weight excluding hydrogens is 336 g/mol. The zero-order chi connectivity index (χ0) is 15.4. The van der Waals surface area contributed by atoms with Gasteiger partial charge in [0.1, 0.15) is 0 Å². The SMILES string of the molecule is CC(Sc1n[nH]c(-c2cccs2)n1)C(=O)NCc1cccs1. The van der Waals surface area contributed by atoms with Gasteiger partial charge >= 0.3 is 0 Å². The highest BCUT2D eigenvalue weighted by Crippen LogP contribution is 2.25. The van der Waals surface area contributed by atoms with Gasteiger partial charge in [-0.25, -0.2) is 4.98 Å². The molecule has 3 rings (SSSR count). The highest BCUT2D eigenvalue weighted by Gasteiger charge is 2.17. The van der Waals surface area contributed by atoms with Crippen LogP contribution in [0.2, 0.25) is 0 Å². The maximum Gasteiger partial charge on any atom is 0.233 e. The fourth-order valence-electron chi connectivity index (χ4n) is 1.77. The summed E-state index contributed by atoms with van der Waals surface area (Å²) in [5.41, 5.74) is 0. The van der Waals surface area contributed by atoms with Crippen LogP contribution in [-0.2, 0) is 11.3 Å². The van der Waals surface area contributed by atoms with Gasteiger partial charge in [0.25, 0.3) is 0 Å². The molecule has 1 amide bonds. The summed E-state index contributed by atoms with van der Waals surface area (Å²) in [6.07, 6.45) is 0. The van der Waals surface area contributed by atoms with Crippen LogP contribution >= 0.6 is 34.4 Å². The number of carbonyl (C=O) groups excluding carboxylic acids is 1. The minimum Gasteiger partial charge on any atom is -0.350 e. The first kappa shape index (κ1) is 15.3. The molecular formula is C14H14N4OS3. The van der Waals surface area contributed by atoms with E-state index in [4.69, 9.17) is 0 Å². The quantitative estimate of drug-likeness (QED) is 0.669. The molecule has 2 N–H and O–H groups in total. The highest BCUT2D eigenvalue weighted by molar-refractivity contribution is 8.00. The Kier molecular flexibility index (Phi) is 4.91.